The Kier molecular flexibility index (Phi) is 5.67. The van der Waals surface area contributed by atoms with Gasteiger partial charge < -0.3 is 4.42 Å². The molecule has 0 radical (unpaired) electrons. The van der Waals surface area contributed by atoms with E-state index in [1.165, 1.54) is 0 Å². The molecule has 4 nitrogen and oxygen atoms in total. The summed E-state index contributed by atoms with van der Waals surface area (Å²) in [5.74, 6) is 1.47. The first-order chi connectivity index (χ1) is 26.7. The molecule has 0 saturated carbocycles. The molecule has 0 fully saturated rings. The van der Waals surface area contributed by atoms with Crippen LogP contribution in [0, 0.1) is 0 Å². The molecule has 0 aliphatic heterocycles. The maximum Gasteiger partial charge on any atom is 0.164 e. The maximum absolute atomic E-state index is 8.37. The van der Waals surface area contributed by atoms with Gasteiger partial charge >= 0.3 is 0 Å². The molecule has 49 heavy (non-hydrogen) atoms. The molecule has 0 aliphatic carbocycles. The second kappa shape index (κ2) is 12.2. The van der Waals surface area contributed by atoms with Gasteiger partial charge in [-0.2, -0.15) is 0 Å². The molecule has 0 N–H and O–H groups in total. The van der Waals surface area contributed by atoms with E-state index < -0.39 is 6.04 Å². The third-order valence-electron chi connectivity index (χ3n) is 8.62. The van der Waals surface area contributed by atoms with Gasteiger partial charge in [-0.05, 0) is 45.5 Å². The van der Waals surface area contributed by atoms with E-state index in [0.29, 0.717) is 40.2 Å². The van der Waals surface area contributed by atoms with Gasteiger partial charge in [0.25, 0.3) is 0 Å². The number of hydrogen-bond donors (Lipinski definition) is 0. The molecule has 7 aromatic carbocycles. The number of furan rings is 1. The molecule has 0 aliphatic rings. The smallest absolute Gasteiger partial charge is 0.164 e. The molecule has 2 heterocycles. The molecule has 9 aromatic rings. The minimum Gasteiger partial charge on any atom is -0.456 e. The van der Waals surface area contributed by atoms with E-state index in [-0.39, 0.29) is 29.7 Å². The van der Waals surface area contributed by atoms with Crippen molar-refractivity contribution in [1.82, 2.24) is 15.0 Å². The van der Waals surface area contributed by atoms with Gasteiger partial charge in [-0.1, -0.05) is 164 Å². The Hall–Kier alpha value is -6.65. The van der Waals surface area contributed by atoms with Crippen LogP contribution >= 0.6 is 0 Å². The van der Waals surface area contributed by atoms with Crippen molar-refractivity contribution in [2.45, 2.75) is 0 Å². The number of nitrogens with zero attached hydrogens (tertiary/aromatic N) is 3. The molecule has 9 rings (SSSR count). The topological polar surface area (TPSA) is 51.8 Å². The molecule has 2 aromatic heterocycles. The lowest BCUT2D eigenvalue weighted by Crippen LogP contribution is -2.01. The van der Waals surface area contributed by atoms with Crippen LogP contribution in [0.5, 0.6) is 0 Å². The number of aromatic nitrogens is 3. The van der Waals surface area contributed by atoms with Crippen LogP contribution in [0.1, 0.15) is 8.22 Å². The van der Waals surface area contributed by atoms with Crippen molar-refractivity contribution < 1.29 is 12.6 Å². The molecular formula is C45H29N3O. The van der Waals surface area contributed by atoms with E-state index in [0.717, 1.165) is 49.7 Å². The van der Waals surface area contributed by atoms with Crippen LogP contribution in [-0.4, -0.2) is 15.0 Å². The highest BCUT2D eigenvalue weighted by Gasteiger charge is 2.19. The molecule has 0 atom stereocenters. The van der Waals surface area contributed by atoms with Gasteiger partial charge in [-0.25, -0.2) is 15.0 Å². The predicted octanol–water partition coefficient (Wildman–Crippen LogP) is 11.8. The Morgan fingerprint density at radius 2 is 0.939 bits per heavy atom. The normalized spacial score (nSPS) is 13.0. The minimum atomic E-state index is -0.414. The Balaban J connectivity index is 1.16. The number of hydrogen-bond acceptors (Lipinski definition) is 4. The van der Waals surface area contributed by atoms with E-state index in [9.17, 15) is 0 Å². The second-order valence-corrected chi connectivity index (χ2v) is 11.6. The molecule has 0 saturated heterocycles. The Labute approximate surface area is 292 Å². The Bertz CT molecular complexity index is 2900. The standard InChI is InChI=1S/C45H29N3O/c1-3-12-30(13-4-1)31-22-24-32(25-23-31)33-26-28-35(29-27-33)43-46-44(37-17-8-7-16-36(37)34-14-5-2-6-15-34)48-45(47-43)39-19-11-21-41-42(39)38-18-9-10-20-40(38)49-41/h1-29H/i1D,3D,4D,9D,12D,13D. The summed E-state index contributed by atoms with van der Waals surface area (Å²) < 4.78 is 55.3. The van der Waals surface area contributed by atoms with E-state index in [1.807, 2.05) is 97.1 Å². The first-order valence-electron chi connectivity index (χ1n) is 18.9. The lowest BCUT2D eigenvalue weighted by molar-refractivity contribution is 0.669. The van der Waals surface area contributed by atoms with Crippen LogP contribution in [0.2, 0.25) is 0 Å². The third-order valence-corrected chi connectivity index (χ3v) is 8.62. The summed E-state index contributed by atoms with van der Waals surface area (Å²) in [5, 5.41) is 1.64. The van der Waals surface area contributed by atoms with Crippen LogP contribution in [0.3, 0.4) is 0 Å². The van der Waals surface area contributed by atoms with Gasteiger partial charge in [-0.3, -0.25) is 0 Å². The molecule has 230 valence electrons. The predicted molar refractivity (Wildman–Crippen MR) is 200 cm³/mol. The summed E-state index contributed by atoms with van der Waals surface area (Å²) in [6.07, 6.45) is 0. The quantitative estimate of drug-likeness (QED) is 0.183. The van der Waals surface area contributed by atoms with Gasteiger partial charge in [-0.15, -0.1) is 0 Å². The van der Waals surface area contributed by atoms with Crippen molar-refractivity contribution in [1.29, 1.82) is 0 Å². The number of fused-ring (bicyclic) bond motifs is 3. The van der Waals surface area contributed by atoms with Crippen LogP contribution in [0.4, 0.5) is 0 Å². The summed E-state index contributed by atoms with van der Waals surface area (Å²) in [6, 6.07) is 43.3. The van der Waals surface area contributed by atoms with Crippen LogP contribution < -0.4 is 0 Å². The summed E-state index contributed by atoms with van der Waals surface area (Å²) in [7, 11) is 0. The minimum absolute atomic E-state index is 0.169. The molecule has 0 bridgehead atoms. The van der Waals surface area contributed by atoms with Crippen molar-refractivity contribution in [3.8, 4) is 67.5 Å². The highest BCUT2D eigenvalue weighted by atomic mass is 16.3. The van der Waals surface area contributed by atoms with Crippen molar-refractivity contribution >= 4 is 21.9 Å². The molecule has 0 unspecified atom stereocenters. The average molecular weight is 634 g/mol. The van der Waals surface area contributed by atoms with Crippen molar-refractivity contribution in [2.75, 3.05) is 0 Å². The zero-order valence-corrected chi connectivity index (χ0v) is 26.0. The summed E-state index contributed by atoms with van der Waals surface area (Å²) in [4.78, 5) is 15.2. The van der Waals surface area contributed by atoms with E-state index in [4.69, 9.17) is 27.6 Å². The van der Waals surface area contributed by atoms with Crippen LogP contribution in [-0.2, 0) is 0 Å². The molecule has 0 amide bonds. The monoisotopic (exact) mass is 633 g/mol. The lowest BCUT2D eigenvalue weighted by atomic mass is 9.98. The maximum atomic E-state index is 8.37. The molecule has 0 spiro atoms. The van der Waals surface area contributed by atoms with E-state index in [1.54, 1.807) is 24.3 Å². The van der Waals surface area contributed by atoms with Gasteiger partial charge in [0.15, 0.2) is 17.5 Å². The highest BCUT2D eigenvalue weighted by molar-refractivity contribution is 6.11. The van der Waals surface area contributed by atoms with E-state index in [2.05, 4.69) is 18.2 Å². The third kappa shape index (κ3) is 5.35. The average Bonchev–Trinajstić information content (AvgIpc) is 3.61. The first-order valence-corrected chi connectivity index (χ1v) is 15.9. The van der Waals surface area contributed by atoms with Crippen LogP contribution in [0.15, 0.2) is 180 Å². The van der Waals surface area contributed by atoms with Crippen molar-refractivity contribution in [2.24, 2.45) is 0 Å². The van der Waals surface area contributed by atoms with Crippen molar-refractivity contribution in [3.05, 3.63) is 176 Å². The largest absolute Gasteiger partial charge is 0.456 e. The summed E-state index contributed by atoms with van der Waals surface area (Å²) >= 11 is 0. The Morgan fingerprint density at radius 3 is 1.67 bits per heavy atom. The van der Waals surface area contributed by atoms with E-state index >= 15 is 0 Å². The van der Waals surface area contributed by atoms with Crippen molar-refractivity contribution in [3.63, 3.8) is 0 Å². The SMILES string of the molecule is [2H]c1ccc2oc3cccc(-c4nc(-c5ccc(-c6ccc(-c7c([2H])c([2H])c([2H])c([2H])c7[2H])cc6)cc5)nc(-c5ccccc5-c5ccccc5)n4)c3c2c1. The zero-order chi connectivity index (χ0) is 37.8. The zero-order valence-electron chi connectivity index (χ0n) is 32.0. The summed E-state index contributed by atoms with van der Waals surface area (Å²) in [5.41, 5.74) is 8.29. The van der Waals surface area contributed by atoms with Gasteiger partial charge in [0.1, 0.15) is 11.2 Å². The summed E-state index contributed by atoms with van der Waals surface area (Å²) in [6.45, 7) is 0. The van der Waals surface area contributed by atoms with Gasteiger partial charge in [0, 0.05) is 27.5 Å². The number of para-hydroxylation sites is 1. The first kappa shape index (κ1) is 22.8. The van der Waals surface area contributed by atoms with Gasteiger partial charge in [0.05, 0.1) is 8.22 Å². The fourth-order valence-electron chi connectivity index (χ4n) is 6.23. The number of benzene rings is 7. The van der Waals surface area contributed by atoms with Crippen LogP contribution in [0.25, 0.3) is 89.5 Å². The fraction of sp³-hybridized carbons (Fsp3) is 0. The highest BCUT2D eigenvalue weighted by Crippen LogP contribution is 2.38. The van der Waals surface area contributed by atoms with Gasteiger partial charge in [0.2, 0.25) is 0 Å². The second-order valence-electron chi connectivity index (χ2n) is 11.6. The Morgan fingerprint density at radius 1 is 0.367 bits per heavy atom. The molecular weight excluding hydrogens is 599 g/mol. The molecule has 4 heteroatoms. The fourth-order valence-corrected chi connectivity index (χ4v) is 6.23. The number of rotatable bonds is 6. The lowest BCUT2D eigenvalue weighted by Gasteiger charge is -2.12.